The monoisotopic (exact) mass is 1070 g/mol. The van der Waals surface area contributed by atoms with E-state index in [4.69, 9.17) is 9.05 Å². The molecule has 0 bridgehead atoms. The lowest BCUT2D eigenvalue weighted by molar-refractivity contribution is -0.870. The van der Waals surface area contributed by atoms with E-state index in [2.05, 4.69) is 153 Å². The number of hydrogen-bond acceptors (Lipinski definition) is 6. The van der Waals surface area contributed by atoms with Crippen LogP contribution in [0, 0.1) is 0 Å². The van der Waals surface area contributed by atoms with Gasteiger partial charge in [0.2, 0.25) is 5.91 Å². The van der Waals surface area contributed by atoms with Crippen molar-refractivity contribution in [1.82, 2.24) is 5.32 Å². The molecular formula is C67H113N2O6P. The molecule has 76 heavy (non-hydrogen) atoms. The van der Waals surface area contributed by atoms with E-state index in [1.54, 1.807) is 6.08 Å². The first kappa shape index (κ1) is 72.4. The first-order valence-electron chi connectivity index (χ1n) is 30.2. The number of allylic oxidation sites excluding steroid dienone is 23. The van der Waals surface area contributed by atoms with Gasteiger partial charge in [0.25, 0.3) is 7.82 Å². The van der Waals surface area contributed by atoms with E-state index in [1.165, 1.54) is 89.9 Å². The van der Waals surface area contributed by atoms with Gasteiger partial charge < -0.3 is 28.8 Å². The minimum absolute atomic E-state index is 0.0154. The Morgan fingerprint density at radius 2 is 0.816 bits per heavy atom. The molecule has 0 aromatic heterocycles. The number of amides is 1. The molecule has 0 heterocycles. The van der Waals surface area contributed by atoms with Crippen LogP contribution in [-0.2, 0) is 18.4 Å². The number of carbonyl (C=O) groups excluding carboxylic acids is 1. The van der Waals surface area contributed by atoms with E-state index >= 15 is 0 Å². The number of nitrogens with zero attached hydrogens (tertiary/aromatic N) is 1. The van der Waals surface area contributed by atoms with Crippen LogP contribution in [0.2, 0.25) is 0 Å². The van der Waals surface area contributed by atoms with Gasteiger partial charge in [-0.1, -0.05) is 243 Å². The summed E-state index contributed by atoms with van der Waals surface area (Å²) in [6.45, 7) is 4.45. The lowest BCUT2D eigenvalue weighted by atomic mass is 10.0. The molecule has 9 heteroatoms. The van der Waals surface area contributed by atoms with E-state index in [-0.39, 0.29) is 12.5 Å². The molecule has 3 unspecified atom stereocenters. The molecule has 3 atom stereocenters. The molecule has 0 saturated carbocycles. The molecule has 1 amide bonds. The number of rotatable bonds is 53. The van der Waals surface area contributed by atoms with Crippen molar-refractivity contribution in [2.24, 2.45) is 0 Å². The van der Waals surface area contributed by atoms with Crippen LogP contribution in [0.1, 0.15) is 219 Å². The fourth-order valence-electron chi connectivity index (χ4n) is 7.82. The highest BCUT2D eigenvalue weighted by Crippen LogP contribution is 2.38. The fraction of sp³-hybridized carbons (Fsp3) is 0.627. The van der Waals surface area contributed by atoms with Crippen LogP contribution in [0.25, 0.3) is 0 Å². The largest absolute Gasteiger partial charge is 0.756 e. The van der Waals surface area contributed by atoms with E-state index in [0.717, 1.165) is 109 Å². The van der Waals surface area contributed by atoms with Gasteiger partial charge in [0.1, 0.15) is 13.2 Å². The maximum Gasteiger partial charge on any atom is 0.268 e. The van der Waals surface area contributed by atoms with Gasteiger partial charge in [0.15, 0.2) is 0 Å². The van der Waals surface area contributed by atoms with Crippen LogP contribution in [0.3, 0.4) is 0 Å². The van der Waals surface area contributed by atoms with Gasteiger partial charge in [-0.3, -0.25) is 9.36 Å². The van der Waals surface area contributed by atoms with Crippen LogP contribution in [-0.4, -0.2) is 68.5 Å². The second kappa shape index (κ2) is 56.1. The predicted molar refractivity (Wildman–Crippen MR) is 329 cm³/mol. The van der Waals surface area contributed by atoms with Crippen molar-refractivity contribution >= 4 is 13.7 Å². The summed E-state index contributed by atoms with van der Waals surface area (Å²) < 4.78 is 23.3. The Balaban J connectivity index is 4.06. The van der Waals surface area contributed by atoms with Crippen molar-refractivity contribution in [3.8, 4) is 0 Å². The number of aliphatic hydroxyl groups is 1. The number of hydrogen-bond donors (Lipinski definition) is 2. The Hall–Kier alpha value is -3.62. The molecule has 0 saturated heterocycles. The Kier molecular flexibility index (Phi) is 53.4. The average molecular weight is 1070 g/mol. The molecular weight excluding hydrogens is 960 g/mol. The van der Waals surface area contributed by atoms with E-state index in [0.29, 0.717) is 17.4 Å². The number of nitrogens with one attached hydrogen (secondary N) is 1. The second-order valence-corrected chi connectivity index (χ2v) is 22.4. The number of phosphoric acid groups is 1. The average Bonchev–Trinajstić information content (AvgIpc) is 3.38. The second-order valence-electron chi connectivity index (χ2n) is 20.9. The van der Waals surface area contributed by atoms with Crippen LogP contribution in [0.15, 0.2) is 146 Å². The molecule has 0 aliphatic rings. The minimum atomic E-state index is -4.61. The molecule has 0 aromatic rings. The van der Waals surface area contributed by atoms with Crippen LogP contribution in [0.5, 0.6) is 0 Å². The first-order valence-corrected chi connectivity index (χ1v) is 31.7. The molecule has 0 aromatic carbocycles. The van der Waals surface area contributed by atoms with E-state index in [9.17, 15) is 19.4 Å². The van der Waals surface area contributed by atoms with E-state index < -0.39 is 26.6 Å². The molecule has 0 aliphatic carbocycles. The van der Waals surface area contributed by atoms with Gasteiger partial charge in [-0.25, -0.2) is 0 Å². The van der Waals surface area contributed by atoms with Crippen LogP contribution < -0.4 is 10.2 Å². The zero-order chi connectivity index (χ0) is 55.6. The molecule has 0 spiro atoms. The minimum Gasteiger partial charge on any atom is -0.756 e. The van der Waals surface area contributed by atoms with E-state index in [1.807, 2.05) is 27.2 Å². The van der Waals surface area contributed by atoms with Gasteiger partial charge in [-0.15, -0.1) is 0 Å². The Labute approximate surface area is 468 Å². The number of aliphatic hydroxyl groups excluding tert-OH is 1. The van der Waals surface area contributed by atoms with Gasteiger partial charge in [-0.05, 0) is 116 Å². The quantitative estimate of drug-likeness (QED) is 0.0272. The van der Waals surface area contributed by atoms with Gasteiger partial charge in [0.05, 0.1) is 39.9 Å². The van der Waals surface area contributed by atoms with Crippen molar-refractivity contribution in [3.63, 3.8) is 0 Å². The smallest absolute Gasteiger partial charge is 0.268 e. The van der Waals surface area contributed by atoms with Crippen molar-refractivity contribution in [2.75, 3.05) is 40.9 Å². The molecule has 2 N–H and O–H groups in total. The first-order chi connectivity index (χ1) is 37.0. The normalized spacial score (nSPS) is 14.9. The zero-order valence-corrected chi connectivity index (χ0v) is 50.0. The molecule has 0 fully saturated rings. The number of likely N-dealkylation sites (N-methyl/N-ethyl adjacent to an activating group) is 1. The summed E-state index contributed by atoms with van der Waals surface area (Å²) in [5.41, 5.74) is 0. The Morgan fingerprint density at radius 1 is 0.474 bits per heavy atom. The predicted octanol–water partition coefficient (Wildman–Crippen LogP) is 18.2. The molecule has 0 rings (SSSR count). The molecule has 8 nitrogen and oxygen atoms in total. The summed E-state index contributed by atoms with van der Waals surface area (Å²) in [4.78, 5) is 25.4. The summed E-state index contributed by atoms with van der Waals surface area (Å²) >= 11 is 0. The highest BCUT2D eigenvalue weighted by molar-refractivity contribution is 7.45. The number of phosphoric ester groups is 1. The summed E-state index contributed by atoms with van der Waals surface area (Å²) in [5, 5.41) is 13.8. The van der Waals surface area contributed by atoms with Gasteiger partial charge >= 0.3 is 0 Å². The van der Waals surface area contributed by atoms with Crippen LogP contribution >= 0.6 is 7.82 Å². The highest BCUT2D eigenvalue weighted by Gasteiger charge is 2.23. The maximum atomic E-state index is 12.9. The molecule has 0 radical (unpaired) electrons. The summed E-state index contributed by atoms with van der Waals surface area (Å²) in [6.07, 6.45) is 86.6. The third-order valence-electron chi connectivity index (χ3n) is 12.5. The van der Waals surface area contributed by atoms with Gasteiger partial charge in [0, 0.05) is 6.42 Å². The topological polar surface area (TPSA) is 108 Å². The number of unbranched alkanes of at least 4 members (excludes halogenated alkanes) is 18. The van der Waals surface area contributed by atoms with Crippen molar-refractivity contribution in [3.05, 3.63) is 146 Å². The lowest BCUT2D eigenvalue weighted by Gasteiger charge is -2.29. The molecule has 0 aliphatic heterocycles. The third kappa shape index (κ3) is 58.1. The zero-order valence-electron chi connectivity index (χ0n) is 49.1. The van der Waals surface area contributed by atoms with Crippen molar-refractivity contribution < 1.29 is 32.9 Å². The number of carbonyl (C=O) groups is 1. The lowest BCUT2D eigenvalue weighted by Crippen LogP contribution is -2.45. The summed E-state index contributed by atoms with van der Waals surface area (Å²) in [5.74, 6) is -0.220. The standard InChI is InChI=1S/C67H113N2O6P/c1-6-8-10-12-14-16-18-20-21-22-23-24-25-26-27-28-29-30-31-32-33-34-35-36-37-38-39-40-41-42-43-44-45-46-47-49-51-53-55-57-59-61-67(71)68-65(64-75-76(72,73)74-63-62-69(3,4)5)66(70)60-58-56-54-52-50-48-19-17-15-13-11-9-7-2/h8,10,14-17,20-21,23-24,26-27,29-30,32-33,35-36,38-39,50,52,58,60,65-66,70H,6-7,9,11-13,18-19,22,25,28,31,34,37,40-49,51,53-57,59,61-64H2,1-5H3,(H-,68,71,72,73)/b10-8-,16-14-,17-15+,21-20-,24-23-,27-26-,30-29-,33-32-,36-35-,39-38-,52-50+,60-58+. The Bertz CT molecular complexity index is 1740. The van der Waals surface area contributed by atoms with Crippen molar-refractivity contribution in [2.45, 2.75) is 231 Å². The maximum absolute atomic E-state index is 12.9. The molecule has 432 valence electrons. The number of quaternary nitrogens is 1. The summed E-state index contributed by atoms with van der Waals surface area (Å²) in [6, 6.07) is -0.918. The SMILES string of the molecule is CC/C=C\C/C=C\C/C=C\C/C=C\C/C=C\C/C=C\C/C=C\C/C=C\C/C=C\CCCCCCCCCCCCCCCC(=O)NC(COP(=O)([O-])OCC[N+](C)(C)C)C(O)/C=C/CC/C=C/CC/C=C/CCCCC. The third-order valence-corrected chi connectivity index (χ3v) is 13.5. The van der Waals surface area contributed by atoms with Crippen LogP contribution in [0.4, 0.5) is 0 Å². The Morgan fingerprint density at radius 3 is 1.22 bits per heavy atom. The fourth-order valence-corrected chi connectivity index (χ4v) is 8.55. The summed E-state index contributed by atoms with van der Waals surface area (Å²) in [7, 11) is 1.22. The van der Waals surface area contributed by atoms with Crippen molar-refractivity contribution in [1.29, 1.82) is 0 Å². The highest BCUT2D eigenvalue weighted by atomic mass is 31.2. The van der Waals surface area contributed by atoms with Gasteiger partial charge in [-0.2, -0.15) is 0 Å².